The summed E-state index contributed by atoms with van der Waals surface area (Å²) < 4.78 is 30.4. The summed E-state index contributed by atoms with van der Waals surface area (Å²) in [5, 5.41) is 0. The molecular formula is C25H26N4O2S. The van der Waals surface area contributed by atoms with Gasteiger partial charge in [-0.05, 0) is 50.5 Å². The number of pyridine rings is 1. The van der Waals surface area contributed by atoms with E-state index in [0.717, 1.165) is 33.7 Å². The van der Waals surface area contributed by atoms with E-state index < -0.39 is 10.0 Å². The number of sulfonamides is 1. The maximum absolute atomic E-state index is 13.3. The van der Waals surface area contributed by atoms with E-state index in [1.54, 1.807) is 16.6 Å². The second-order valence-corrected chi connectivity index (χ2v) is 10.3. The number of piperidine rings is 1. The van der Waals surface area contributed by atoms with Crippen LogP contribution in [0.15, 0.2) is 71.8 Å². The molecule has 1 saturated heterocycles. The minimum Gasteiger partial charge on any atom is -0.305 e. The second kappa shape index (κ2) is 8.15. The summed E-state index contributed by atoms with van der Waals surface area (Å²) >= 11 is 0. The lowest BCUT2D eigenvalue weighted by molar-refractivity contribution is 0.278. The predicted octanol–water partition coefficient (Wildman–Crippen LogP) is 4.74. The lowest BCUT2D eigenvalue weighted by atomic mass is 10.1. The van der Waals surface area contributed by atoms with E-state index in [2.05, 4.69) is 21.7 Å². The fourth-order valence-corrected chi connectivity index (χ4v) is 6.31. The molecule has 0 unspecified atom stereocenters. The van der Waals surface area contributed by atoms with Gasteiger partial charge in [0.1, 0.15) is 11.3 Å². The average Bonchev–Trinajstić information content (AvgIpc) is 3.19. The SMILES string of the molecule is Cc1ccc(S(=O)(=O)N2CCC(n3c(-c4ccccc4)nc4cccnc43)CC2)c(C)c1. The highest BCUT2D eigenvalue weighted by Gasteiger charge is 2.32. The van der Waals surface area contributed by atoms with Crippen molar-refractivity contribution in [1.82, 2.24) is 18.8 Å². The monoisotopic (exact) mass is 446 g/mol. The number of aromatic nitrogens is 3. The summed E-state index contributed by atoms with van der Waals surface area (Å²) in [5.41, 5.74) is 4.60. The van der Waals surface area contributed by atoms with Gasteiger partial charge in [-0.2, -0.15) is 4.31 Å². The van der Waals surface area contributed by atoms with Crippen molar-refractivity contribution in [2.45, 2.75) is 37.6 Å². The summed E-state index contributed by atoms with van der Waals surface area (Å²) in [6.07, 6.45) is 3.22. The van der Waals surface area contributed by atoms with Gasteiger partial charge in [-0.25, -0.2) is 18.4 Å². The molecule has 1 fully saturated rings. The number of benzene rings is 2. The zero-order chi connectivity index (χ0) is 22.3. The normalized spacial score (nSPS) is 15.9. The molecule has 0 aliphatic carbocycles. The first-order valence-electron chi connectivity index (χ1n) is 10.9. The Kier molecular flexibility index (Phi) is 5.31. The molecule has 2 aromatic heterocycles. The molecule has 0 spiro atoms. The average molecular weight is 447 g/mol. The van der Waals surface area contributed by atoms with Gasteiger partial charge in [-0.1, -0.05) is 48.0 Å². The summed E-state index contributed by atoms with van der Waals surface area (Å²) in [4.78, 5) is 9.87. The van der Waals surface area contributed by atoms with Crippen molar-refractivity contribution >= 4 is 21.2 Å². The van der Waals surface area contributed by atoms with Crippen LogP contribution in [0.4, 0.5) is 0 Å². The van der Waals surface area contributed by atoms with Crippen LogP contribution >= 0.6 is 0 Å². The topological polar surface area (TPSA) is 68.1 Å². The van der Waals surface area contributed by atoms with Crippen LogP contribution in [0.3, 0.4) is 0 Å². The van der Waals surface area contributed by atoms with Gasteiger partial charge in [-0.3, -0.25) is 0 Å². The molecule has 1 aliphatic heterocycles. The van der Waals surface area contributed by atoms with Gasteiger partial charge in [0.15, 0.2) is 5.65 Å². The maximum Gasteiger partial charge on any atom is 0.243 e. The first-order valence-corrected chi connectivity index (χ1v) is 12.3. The predicted molar refractivity (Wildman–Crippen MR) is 126 cm³/mol. The van der Waals surface area contributed by atoms with Crippen LogP contribution in [0.2, 0.25) is 0 Å². The molecule has 164 valence electrons. The van der Waals surface area contributed by atoms with E-state index in [9.17, 15) is 8.42 Å². The first kappa shape index (κ1) is 20.8. The van der Waals surface area contributed by atoms with Gasteiger partial charge in [0.2, 0.25) is 10.0 Å². The molecule has 7 heteroatoms. The molecule has 32 heavy (non-hydrogen) atoms. The molecule has 3 heterocycles. The number of hydrogen-bond donors (Lipinski definition) is 0. The lowest BCUT2D eigenvalue weighted by Gasteiger charge is -2.33. The Morgan fingerprint density at radius 3 is 2.41 bits per heavy atom. The summed E-state index contributed by atoms with van der Waals surface area (Å²) in [5.74, 6) is 0.884. The van der Waals surface area contributed by atoms with Crippen molar-refractivity contribution in [2.24, 2.45) is 0 Å². The number of fused-ring (bicyclic) bond motifs is 1. The van der Waals surface area contributed by atoms with Crippen LogP contribution < -0.4 is 0 Å². The fraction of sp³-hybridized carbons (Fsp3) is 0.280. The van der Waals surface area contributed by atoms with Gasteiger partial charge in [0.05, 0.1) is 4.90 Å². The van der Waals surface area contributed by atoms with Crippen LogP contribution in [-0.2, 0) is 10.0 Å². The molecule has 1 aliphatic rings. The smallest absolute Gasteiger partial charge is 0.243 e. The zero-order valence-corrected chi connectivity index (χ0v) is 19.1. The highest BCUT2D eigenvalue weighted by Crippen LogP contribution is 2.34. The van der Waals surface area contributed by atoms with E-state index in [1.807, 2.05) is 56.3 Å². The number of nitrogens with zero attached hydrogens (tertiary/aromatic N) is 4. The van der Waals surface area contributed by atoms with Crippen molar-refractivity contribution in [3.05, 3.63) is 78.0 Å². The number of rotatable bonds is 4. The minimum atomic E-state index is -3.51. The van der Waals surface area contributed by atoms with Gasteiger partial charge in [0.25, 0.3) is 0 Å². The van der Waals surface area contributed by atoms with Crippen molar-refractivity contribution in [3.63, 3.8) is 0 Å². The number of aryl methyl sites for hydroxylation is 2. The van der Waals surface area contributed by atoms with Gasteiger partial charge in [0, 0.05) is 30.9 Å². The molecule has 5 rings (SSSR count). The van der Waals surface area contributed by atoms with Crippen LogP contribution in [0.5, 0.6) is 0 Å². The third-order valence-corrected chi connectivity index (χ3v) is 8.28. The zero-order valence-electron chi connectivity index (χ0n) is 18.3. The van der Waals surface area contributed by atoms with E-state index in [0.29, 0.717) is 30.8 Å². The largest absolute Gasteiger partial charge is 0.305 e. The third-order valence-electron chi connectivity index (χ3n) is 6.22. The second-order valence-electron chi connectivity index (χ2n) is 8.42. The van der Waals surface area contributed by atoms with Crippen LogP contribution in [0.1, 0.15) is 30.0 Å². The third kappa shape index (κ3) is 3.61. The van der Waals surface area contributed by atoms with E-state index in [1.165, 1.54) is 0 Å². The quantitative estimate of drug-likeness (QED) is 0.454. The molecular weight excluding hydrogens is 420 g/mol. The Morgan fingerprint density at radius 2 is 1.69 bits per heavy atom. The van der Waals surface area contributed by atoms with E-state index in [-0.39, 0.29) is 6.04 Å². The molecule has 6 nitrogen and oxygen atoms in total. The molecule has 0 amide bonds. The highest BCUT2D eigenvalue weighted by atomic mass is 32.2. The Hall–Kier alpha value is -3.03. The van der Waals surface area contributed by atoms with Gasteiger partial charge >= 0.3 is 0 Å². The number of hydrogen-bond acceptors (Lipinski definition) is 4. The molecule has 0 saturated carbocycles. The van der Waals surface area contributed by atoms with Gasteiger partial charge in [-0.15, -0.1) is 0 Å². The van der Waals surface area contributed by atoms with Crippen LogP contribution in [0, 0.1) is 13.8 Å². The number of imidazole rings is 1. The van der Waals surface area contributed by atoms with Crippen molar-refractivity contribution in [1.29, 1.82) is 0 Å². The van der Waals surface area contributed by atoms with Crippen molar-refractivity contribution in [3.8, 4) is 11.4 Å². The fourth-order valence-electron chi connectivity index (χ4n) is 4.63. The van der Waals surface area contributed by atoms with Crippen LogP contribution in [0.25, 0.3) is 22.6 Å². The summed E-state index contributed by atoms with van der Waals surface area (Å²) in [6.45, 7) is 4.78. The maximum atomic E-state index is 13.3. The Balaban J connectivity index is 1.46. The molecule has 0 N–H and O–H groups in total. The Morgan fingerprint density at radius 1 is 0.938 bits per heavy atom. The highest BCUT2D eigenvalue weighted by molar-refractivity contribution is 7.89. The van der Waals surface area contributed by atoms with E-state index >= 15 is 0 Å². The van der Waals surface area contributed by atoms with Crippen molar-refractivity contribution < 1.29 is 8.42 Å². The molecule has 4 aromatic rings. The van der Waals surface area contributed by atoms with Gasteiger partial charge < -0.3 is 4.57 Å². The molecule has 0 atom stereocenters. The minimum absolute atomic E-state index is 0.135. The molecule has 0 bridgehead atoms. The first-order chi connectivity index (χ1) is 15.4. The van der Waals surface area contributed by atoms with E-state index in [4.69, 9.17) is 4.98 Å². The Bertz CT molecular complexity index is 1370. The van der Waals surface area contributed by atoms with Crippen molar-refractivity contribution in [2.75, 3.05) is 13.1 Å². The Labute approximate surface area is 188 Å². The molecule has 0 radical (unpaired) electrons. The molecule has 2 aromatic carbocycles. The summed E-state index contributed by atoms with van der Waals surface area (Å²) in [7, 11) is -3.51. The standard InChI is InChI=1S/C25H26N4O2S/c1-18-10-11-23(19(2)17-18)32(30,31)28-15-12-21(13-16-28)29-24(20-7-4-3-5-8-20)27-22-9-6-14-26-25(22)29/h3-11,14,17,21H,12-13,15-16H2,1-2H3. The lowest BCUT2D eigenvalue weighted by Crippen LogP contribution is -2.39. The van der Waals surface area contributed by atoms with Crippen LogP contribution in [-0.4, -0.2) is 40.3 Å². The summed E-state index contributed by atoms with van der Waals surface area (Å²) in [6, 6.07) is 19.6.